The average Bonchev–Trinajstić information content (AvgIpc) is 2.16. The number of nitrogens with one attached hydrogen (secondary N) is 1. The monoisotopic (exact) mass is 182 g/mol. The lowest BCUT2D eigenvalue weighted by atomic mass is 10.0. The van der Waals surface area contributed by atoms with Crippen LogP contribution in [0.15, 0.2) is 17.6 Å². The van der Waals surface area contributed by atoms with Crippen molar-refractivity contribution in [3.8, 4) is 0 Å². The largest absolute Gasteiger partial charge is 0.315 e. The number of aliphatic imine (C=N–C) groups is 1. The zero-order chi connectivity index (χ0) is 10.1. The molecule has 0 saturated carbocycles. The first-order valence-corrected chi connectivity index (χ1v) is 5.04. The summed E-state index contributed by atoms with van der Waals surface area (Å²) in [4.78, 5) is 4.56. The molecule has 76 valence electrons. The van der Waals surface area contributed by atoms with Crippen molar-refractivity contribution in [2.45, 2.75) is 26.7 Å². The fourth-order valence-electron chi connectivity index (χ4n) is 1.10. The summed E-state index contributed by atoms with van der Waals surface area (Å²) in [5.41, 5.74) is 1.28. The van der Waals surface area contributed by atoms with Crippen molar-refractivity contribution in [2.75, 3.05) is 20.1 Å². The van der Waals surface area contributed by atoms with Gasteiger partial charge in [-0.2, -0.15) is 0 Å². The lowest BCUT2D eigenvalue weighted by Gasteiger charge is -2.12. The lowest BCUT2D eigenvalue weighted by molar-refractivity contribution is 0.710. The molecule has 0 aliphatic heterocycles. The maximum absolute atomic E-state index is 4.56. The Kier molecular flexibility index (Phi) is 7.60. The van der Waals surface area contributed by atoms with Gasteiger partial charge in [-0.1, -0.05) is 19.9 Å². The van der Waals surface area contributed by atoms with Crippen LogP contribution < -0.4 is 5.32 Å². The van der Waals surface area contributed by atoms with E-state index in [1.165, 1.54) is 5.71 Å². The fourth-order valence-corrected chi connectivity index (χ4v) is 1.10. The second kappa shape index (κ2) is 7.99. The molecule has 0 aromatic heterocycles. The molecule has 0 radical (unpaired) electrons. The van der Waals surface area contributed by atoms with E-state index >= 15 is 0 Å². The molecule has 0 bridgehead atoms. The molecular formula is C11H22N2. The molecule has 0 fully saturated rings. The normalized spacial score (nSPS) is 14.2. The van der Waals surface area contributed by atoms with Crippen LogP contribution in [0.5, 0.6) is 0 Å². The summed E-state index contributed by atoms with van der Waals surface area (Å²) in [5.74, 6) is 0.595. The molecule has 13 heavy (non-hydrogen) atoms. The van der Waals surface area contributed by atoms with Crippen molar-refractivity contribution in [1.82, 2.24) is 5.32 Å². The van der Waals surface area contributed by atoms with E-state index in [4.69, 9.17) is 0 Å². The van der Waals surface area contributed by atoms with Gasteiger partial charge in [0.15, 0.2) is 0 Å². The van der Waals surface area contributed by atoms with Crippen molar-refractivity contribution in [2.24, 2.45) is 10.9 Å². The van der Waals surface area contributed by atoms with E-state index in [1.54, 1.807) is 0 Å². The zero-order valence-electron chi connectivity index (χ0n) is 9.14. The van der Waals surface area contributed by atoms with Gasteiger partial charge in [-0.15, -0.1) is 6.58 Å². The van der Waals surface area contributed by atoms with E-state index in [0.29, 0.717) is 5.92 Å². The summed E-state index contributed by atoms with van der Waals surface area (Å²) in [6.07, 6.45) is 4.05. The van der Waals surface area contributed by atoms with Crippen LogP contribution in [0.25, 0.3) is 0 Å². The van der Waals surface area contributed by atoms with Crippen LogP contribution in [0.3, 0.4) is 0 Å². The number of hydrogen-bond acceptors (Lipinski definition) is 2. The molecule has 0 spiro atoms. The van der Waals surface area contributed by atoms with Crippen LogP contribution in [0.4, 0.5) is 0 Å². The zero-order valence-corrected chi connectivity index (χ0v) is 9.14. The first-order valence-electron chi connectivity index (χ1n) is 5.04. The molecule has 0 aromatic carbocycles. The molecule has 2 nitrogen and oxygen atoms in total. The molecule has 0 heterocycles. The van der Waals surface area contributed by atoms with Crippen molar-refractivity contribution >= 4 is 5.71 Å². The molecule has 0 aromatic rings. The van der Waals surface area contributed by atoms with E-state index in [-0.39, 0.29) is 0 Å². The maximum Gasteiger partial charge on any atom is 0.0423 e. The Morgan fingerprint density at radius 3 is 2.77 bits per heavy atom. The van der Waals surface area contributed by atoms with Crippen LogP contribution in [0.1, 0.15) is 26.7 Å². The van der Waals surface area contributed by atoms with Gasteiger partial charge in [0.1, 0.15) is 0 Å². The molecule has 1 unspecified atom stereocenters. The van der Waals surface area contributed by atoms with Gasteiger partial charge in [-0.3, -0.25) is 4.99 Å². The molecule has 1 N–H and O–H groups in total. The number of rotatable bonds is 7. The van der Waals surface area contributed by atoms with Gasteiger partial charge in [0.25, 0.3) is 0 Å². The third-order valence-corrected chi connectivity index (χ3v) is 2.19. The van der Waals surface area contributed by atoms with Crippen molar-refractivity contribution in [1.29, 1.82) is 0 Å². The minimum atomic E-state index is 0.595. The molecule has 0 aliphatic carbocycles. The fraction of sp³-hybridized carbons (Fsp3) is 0.727. The SMILES string of the molecule is C=CCC/N=C(/CNC)C(C)CC. The highest BCUT2D eigenvalue weighted by Gasteiger charge is 2.06. The second-order valence-electron chi connectivity index (χ2n) is 3.29. The summed E-state index contributed by atoms with van der Waals surface area (Å²) in [6.45, 7) is 9.90. The molecular weight excluding hydrogens is 160 g/mol. The third kappa shape index (κ3) is 5.58. The highest BCUT2D eigenvalue weighted by molar-refractivity contribution is 5.88. The number of nitrogens with zero attached hydrogens (tertiary/aromatic N) is 1. The number of hydrogen-bond donors (Lipinski definition) is 1. The molecule has 1 atom stereocenters. The van der Waals surface area contributed by atoms with Crippen LogP contribution in [0.2, 0.25) is 0 Å². The molecule has 2 heteroatoms. The Bertz CT molecular complexity index is 161. The Morgan fingerprint density at radius 1 is 1.62 bits per heavy atom. The first kappa shape index (κ1) is 12.4. The van der Waals surface area contributed by atoms with E-state index < -0.39 is 0 Å². The van der Waals surface area contributed by atoms with E-state index in [0.717, 1.165) is 25.9 Å². The molecule has 0 rings (SSSR count). The predicted octanol–water partition coefficient (Wildman–Crippen LogP) is 2.27. The van der Waals surface area contributed by atoms with Crippen LogP contribution in [-0.2, 0) is 0 Å². The van der Waals surface area contributed by atoms with Gasteiger partial charge in [-0.05, 0) is 25.8 Å². The predicted molar refractivity (Wildman–Crippen MR) is 60.5 cm³/mol. The molecule has 0 amide bonds. The van der Waals surface area contributed by atoms with Crippen molar-refractivity contribution in [3.63, 3.8) is 0 Å². The summed E-state index contributed by atoms with van der Waals surface area (Å²) < 4.78 is 0. The van der Waals surface area contributed by atoms with Crippen LogP contribution >= 0.6 is 0 Å². The summed E-state index contributed by atoms with van der Waals surface area (Å²) in [6, 6.07) is 0. The Morgan fingerprint density at radius 2 is 2.31 bits per heavy atom. The minimum Gasteiger partial charge on any atom is -0.315 e. The van der Waals surface area contributed by atoms with Gasteiger partial charge in [0.05, 0.1) is 0 Å². The minimum absolute atomic E-state index is 0.595. The summed E-state index contributed by atoms with van der Waals surface area (Å²) in [5, 5.41) is 3.15. The Hall–Kier alpha value is -0.630. The maximum atomic E-state index is 4.56. The summed E-state index contributed by atoms with van der Waals surface area (Å²) >= 11 is 0. The summed E-state index contributed by atoms with van der Waals surface area (Å²) in [7, 11) is 1.96. The van der Waals surface area contributed by atoms with Gasteiger partial charge >= 0.3 is 0 Å². The first-order chi connectivity index (χ1) is 6.26. The quantitative estimate of drug-likeness (QED) is 0.364. The highest BCUT2D eigenvalue weighted by Crippen LogP contribution is 2.03. The molecule has 0 saturated heterocycles. The third-order valence-electron chi connectivity index (χ3n) is 2.19. The van der Waals surface area contributed by atoms with Crippen LogP contribution in [0, 0.1) is 5.92 Å². The second-order valence-corrected chi connectivity index (χ2v) is 3.29. The van der Waals surface area contributed by atoms with E-state index in [2.05, 4.69) is 30.7 Å². The molecule has 0 aliphatic rings. The Balaban J connectivity index is 4.04. The standard InChI is InChI=1S/C11H22N2/c1-5-7-8-13-11(9-12-4)10(3)6-2/h5,10,12H,1,6-9H2,2-4H3/b13-11-. The topological polar surface area (TPSA) is 24.4 Å². The van der Waals surface area contributed by atoms with E-state index in [1.807, 2.05) is 13.1 Å². The highest BCUT2D eigenvalue weighted by atomic mass is 14.9. The Labute approximate surface area is 82.1 Å². The lowest BCUT2D eigenvalue weighted by Crippen LogP contribution is -2.24. The van der Waals surface area contributed by atoms with Crippen LogP contribution in [-0.4, -0.2) is 25.8 Å². The van der Waals surface area contributed by atoms with Crippen molar-refractivity contribution < 1.29 is 0 Å². The van der Waals surface area contributed by atoms with Gasteiger partial charge in [0, 0.05) is 18.8 Å². The van der Waals surface area contributed by atoms with Gasteiger partial charge in [-0.25, -0.2) is 0 Å². The smallest absolute Gasteiger partial charge is 0.0423 e. The average molecular weight is 182 g/mol. The van der Waals surface area contributed by atoms with E-state index in [9.17, 15) is 0 Å². The van der Waals surface area contributed by atoms with Gasteiger partial charge in [0.2, 0.25) is 0 Å². The van der Waals surface area contributed by atoms with Gasteiger partial charge < -0.3 is 5.32 Å². The van der Waals surface area contributed by atoms with Crippen molar-refractivity contribution in [3.05, 3.63) is 12.7 Å².